The predicted molar refractivity (Wildman–Crippen MR) is 101 cm³/mol. The molecule has 0 saturated heterocycles. The number of rotatable bonds is 4. The van der Waals surface area contributed by atoms with E-state index < -0.39 is 0 Å². The van der Waals surface area contributed by atoms with E-state index >= 15 is 0 Å². The maximum atomic E-state index is 12.4. The van der Waals surface area contributed by atoms with E-state index in [2.05, 4.69) is 20.5 Å². The van der Waals surface area contributed by atoms with Crippen LogP contribution in [-0.4, -0.2) is 21.1 Å². The molecule has 128 valence electrons. The van der Waals surface area contributed by atoms with Gasteiger partial charge in [0.1, 0.15) is 0 Å². The van der Waals surface area contributed by atoms with Crippen LogP contribution in [0.5, 0.6) is 0 Å². The van der Waals surface area contributed by atoms with E-state index in [9.17, 15) is 9.59 Å². The average Bonchev–Trinajstić information content (AvgIpc) is 3.05. The summed E-state index contributed by atoms with van der Waals surface area (Å²) in [5, 5.41) is 10.4. The van der Waals surface area contributed by atoms with E-state index in [0.29, 0.717) is 11.4 Å². The highest BCUT2D eigenvalue weighted by Crippen LogP contribution is 2.21. The van der Waals surface area contributed by atoms with Gasteiger partial charge in [-0.25, -0.2) is 5.10 Å². The van der Waals surface area contributed by atoms with Crippen LogP contribution in [-0.2, 0) is 11.2 Å². The lowest BCUT2D eigenvalue weighted by molar-refractivity contribution is -0.115. The van der Waals surface area contributed by atoms with Crippen LogP contribution < -0.4 is 10.9 Å². The van der Waals surface area contributed by atoms with Crippen LogP contribution in [0.25, 0.3) is 22.2 Å². The number of hydrogen-bond acceptors (Lipinski definition) is 3. The minimum atomic E-state index is -0.253. The number of aromatic nitrogens is 3. The van der Waals surface area contributed by atoms with Gasteiger partial charge in [-0.15, -0.1) is 0 Å². The Bertz CT molecular complexity index is 1120. The number of aromatic amines is 2. The minimum Gasteiger partial charge on any atom is -0.361 e. The minimum absolute atomic E-state index is 0.0960. The molecule has 0 aliphatic carbocycles. The highest BCUT2D eigenvalue weighted by molar-refractivity contribution is 5.96. The first-order valence-electron chi connectivity index (χ1n) is 8.20. The van der Waals surface area contributed by atoms with Gasteiger partial charge in [-0.3, -0.25) is 9.59 Å². The first-order chi connectivity index (χ1) is 12.7. The quantitative estimate of drug-likeness (QED) is 0.531. The molecular formula is C20H16N4O2. The molecule has 2 aromatic carbocycles. The molecule has 0 atom stereocenters. The van der Waals surface area contributed by atoms with Gasteiger partial charge in [-0.05, 0) is 29.8 Å². The summed E-state index contributed by atoms with van der Waals surface area (Å²) in [6, 6.07) is 18.3. The predicted octanol–water partition coefficient (Wildman–Crippen LogP) is 3.10. The van der Waals surface area contributed by atoms with Crippen molar-refractivity contribution in [1.82, 2.24) is 15.2 Å². The van der Waals surface area contributed by atoms with Crippen LogP contribution in [0.15, 0.2) is 71.7 Å². The fourth-order valence-corrected chi connectivity index (χ4v) is 2.92. The zero-order valence-electron chi connectivity index (χ0n) is 13.8. The summed E-state index contributed by atoms with van der Waals surface area (Å²) in [7, 11) is 0. The van der Waals surface area contributed by atoms with E-state index in [4.69, 9.17) is 0 Å². The summed E-state index contributed by atoms with van der Waals surface area (Å²) in [5.74, 6) is -0.0960. The highest BCUT2D eigenvalue weighted by atomic mass is 16.1. The standard InChI is InChI=1S/C20H16N4O2/c25-19-9-8-17(23-24-19)13-4-3-5-15(10-13)22-20(26)11-14-12-21-18-7-2-1-6-16(14)18/h1-10,12,21H,11H2,(H,22,26)(H,24,25). The van der Waals surface area contributed by atoms with Gasteiger partial charge >= 0.3 is 0 Å². The molecule has 0 saturated carbocycles. The molecule has 3 N–H and O–H groups in total. The van der Waals surface area contributed by atoms with Gasteiger partial charge in [-0.1, -0.05) is 30.3 Å². The van der Waals surface area contributed by atoms with Crippen molar-refractivity contribution in [3.63, 3.8) is 0 Å². The molecule has 4 rings (SSSR count). The van der Waals surface area contributed by atoms with Crippen molar-refractivity contribution < 1.29 is 4.79 Å². The lowest BCUT2D eigenvalue weighted by Gasteiger charge is -2.07. The zero-order chi connectivity index (χ0) is 17.9. The Kier molecular flexibility index (Phi) is 4.07. The lowest BCUT2D eigenvalue weighted by atomic mass is 10.1. The molecular weight excluding hydrogens is 328 g/mol. The molecule has 2 aromatic heterocycles. The third-order valence-electron chi connectivity index (χ3n) is 4.15. The lowest BCUT2D eigenvalue weighted by Crippen LogP contribution is -2.14. The Morgan fingerprint density at radius 1 is 1.04 bits per heavy atom. The molecule has 4 aromatic rings. The van der Waals surface area contributed by atoms with Crippen LogP contribution in [0.1, 0.15) is 5.56 Å². The van der Waals surface area contributed by atoms with Crippen molar-refractivity contribution in [3.8, 4) is 11.3 Å². The molecule has 0 radical (unpaired) electrons. The van der Waals surface area contributed by atoms with Crippen LogP contribution in [0, 0.1) is 0 Å². The largest absolute Gasteiger partial charge is 0.361 e. The molecule has 0 fully saturated rings. The molecule has 1 amide bonds. The number of H-pyrrole nitrogens is 2. The van der Waals surface area contributed by atoms with Crippen LogP contribution in [0.4, 0.5) is 5.69 Å². The van der Waals surface area contributed by atoms with Gasteiger partial charge in [0.15, 0.2) is 0 Å². The number of fused-ring (bicyclic) bond motifs is 1. The second-order valence-electron chi connectivity index (χ2n) is 5.97. The van der Waals surface area contributed by atoms with Gasteiger partial charge in [-0.2, -0.15) is 5.10 Å². The summed E-state index contributed by atoms with van der Waals surface area (Å²) >= 11 is 0. The number of carbonyl (C=O) groups excluding carboxylic acids is 1. The van der Waals surface area contributed by atoms with Crippen molar-refractivity contribution in [1.29, 1.82) is 0 Å². The molecule has 2 heterocycles. The smallest absolute Gasteiger partial charge is 0.264 e. The maximum Gasteiger partial charge on any atom is 0.264 e. The fraction of sp³-hybridized carbons (Fsp3) is 0.0500. The normalized spacial score (nSPS) is 10.8. The molecule has 26 heavy (non-hydrogen) atoms. The monoisotopic (exact) mass is 344 g/mol. The topological polar surface area (TPSA) is 90.6 Å². The van der Waals surface area contributed by atoms with Crippen molar-refractivity contribution in [2.45, 2.75) is 6.42 Å². The van der Waals surface area contributed by atoms with Gasteiger partial charge in [0.05, 0.1) is 12.1 Å². The van der Waals surface area contributed by atoms with Gasteiger partial charge < -0.3 is 10.3 Å². The Morgan fingerprint density at radius 3 is 2.77 bits per heavy atom. The third kappa shape index (κ3) is 3.25. The zero-order valence-corrected chi connectivity index (χ0v) is 13.8. The van der Waals surface area contributed by atoms with E-state index in [1.165, 1.54) is 6.07 Å². The molecule has 6 heteroatoms. The number of hydrogen-bond donors (Lipinski definition) is 3. The molecule has 0 unspecified atom stereocenters. The fourth-order valence-electron chi connectivity index (χ4n) is 2.92. The summed E-state index contributed by atoms with van der Waals surface area (Å²) in [6.07, 6.45) is 2.15. The second-order valence-corrected chi connectivity index (χ2v) is 5.97. The molecule has 0 aliphatic heterocycles. The van der Waals surface area contributed by atoms with Gasteiger partial charge in [0.25, 0.3) is 5.56 Å². The van der Waals surface area contributed by atoms with Crippen molar-refractivity contribution in [3.05, 3.63) is 82.8 Å². The number of amides is 1. The van der Waals surface area contributed by atoms with Crippen molar-refractivity contribution in [2.24, 2.45) is 0 Å². The summed E-state index contributed by atoms with van der Waals surface area (Å²) < 4.78 is 0. The van der Waals surface area contributed by atoms with E-state index in [-0.39, 0.29) is 17.9 Å². The Labute approximate surface area is 148 Å². The Morgan fingerprint density at radius 2 is 1.92 bits per heavy atom. The summed E-state index contributed by atoms with van der Waals surface area (Å²) in [6.45, 7) is 0. The molecule has 6 nitrogen and oxygen atoms in total. The first-order valence-corrected chi connectivity index (χ1v) is 8.20. The van der Waals surface area contributed by atoms with E-state index in [1.54, 1.807) is 6.07 Å². The van der Waals surface area contributed by atoms with Gasteiger partial charge in [0, 0.05) is 34.4 Å². The molecule has 0 spiro atoms. The van der Waals surface area contributed by atoms with Crippen molar-refractivity contribution >= 4 is 22.5 Å². The highest BCUT2D eigenvalue weighted by Gasteiger charge is 2.09. The average molecular weight is 344 g/mol. The van der Waals surface area contributed by atoms with Crippen molar-refractivity contribution in [2.75, 3.05) is 5.32 Å². The number of para-hydroxylation sites is 1. The van der Waals surface area contributed by atoms with Crippen LogP contribution >= 0.6 is 0 Å². The van der Waals surface area contributed by atoms with E-state index in [1.807, 2.05) is 54.7 Å². The number of anilines is 1. The third-order valence-corrected chi connectivity index (χ3v) is 4.15. The van der Waals surface area contributed by atoms with Crippen LogP contribution in [0.3, 0.4) is 0 Å². The number of benzene rings is 2. The molecule has 0 bridgehead atoms. The molecule has 0 aliphatic rings. The van der Waals surface area contributed by atoms with E-state index in [0.717, 1.165) is 22.0 Å². The number of carbonyl (C=O) groups is 1. The SMILES string of the molecule is O=C(Cc1c[nH]c2ccccc12)Nc1cccc(-c2ccc(=O)[nH]n2)c1. The second kappa shape index (κ2) is 6.68. The van der Waals surface area contributed by atoms with Gasteiger partial charge in [0.2, 0.25) is 5.91 Å². The maximum absolute atomic E-state index is 12.4. The number of nitrogens with one attached hydrogen (secondary N) is 3. The number of nitrogens with zero attached hydrogens (tertiary/aromatic N) is 1. The summed E-state index contributed by atoms with van der Waals surface area (Å²) in [5.41, 5.74) is 3.85. The Balaban J connectivity index is 1.52. The van der Waals surface area contributed by atoms with Crippen LogP contribution in [0.2, 0.25) is 0 Å². The summed E-state index contributed by atoms with van der Waals surface area (Å²) in [4.78, 5) is 26.7. The Hall–Kier alpha value is -3.67. The first kappa shape index (κ1) is 15.8.